The lowest BCUT2D eigenvalue weighted by Crippen LogP contribution is -1.89. The highest BCUT2D eigenvalue weighted by Crippen LogP contribution is 2.05. The van der Waals surface area contributed by atoms with Crippen LogP contribution >= 0.6 is 11.6 Å². The van der Waals surface area contributed by atoms with Gasteiger partial charge in [-0.2, -0.15) is 0 Å². The number of halogens is 1. The number of rotatable bonds is 0. The van der Waals surface area contributed by atoms with Crippen LogP contribution < -0.4 is 0 Å². The van der Waals surface area contributed by atoms with Crippen LogP contribution in [-0.4, -0.2) is 6.61 Å². The van der Waals surface area contributed by atoms with Crippen molar-refractivity contribution in [1.29, 1.82) is 0 Å². The van der Waals surface area contributed by atoms with Crippen LogP contribution in [0.2, 0.25) is 0 Å². The molecule has 0 bridgehead atoms. The number of hydrogen-bond donors (Lipinski definition) is 0. The first-order chi connectivity index (χ1) is 3.39. The van der Waals surface area contributed by atoms with Crippen LogP contribution in [-0.2, 0) is 4.74 Å². The molecule has 1 heterocycles. The molecule has 0 atom stereocenters. The number of allylic oxidation sites excluding steroid dienone is 2. The van der Waals surface area contributed by atoms with E-state index in [1.807, 2.05) is 6.08 Å². The second-order valence-corrected chi connectivity index (χ2v) is 1.74. The Hall–Kier alpha value is -0.430. The zero-order chi connectivity index (χ0) is 5.11. The van der Waals surface area contributed by atoms with E-state index in [2.05, 4.69) is 0 Å². The molecule has 1 aliphatic heterocycles. The number of ether oxygens (including phenoxy) is 1. The van der Waals surface area contributed by atoms with E-state index in [4.69, 9.17) is 16.3 Å². The molecular weight excluding hydrogens is 112 g/mol. The minimum atomic E-state index is 0.526. The molecule has 38 valence electrons. The van der Waals surface area contributed by atoms with Gasteiger partial charge in [-0.05, 0) is 12.2 Å². The minimum absolute atomic E-state index is 0.526. The smallest absolute Gasteiger partial charge is 0.123 e. The Morgan fingerprint density at radius 1 is 1.71 bits per heavy atom. The van der Waals surface area contributed by atoms with Crippen molar-refractivity contribution in [2.45, 2.75) is 0 Å². The lowest BCUT2D eigenvalue weighted by molar-refractivity contribution is 0.282. The molecule has 0 saturated heterocycles. The first kappa shape index (κ1) is 4.72. The van der Waals surface area contributed by atoms with Crippen molar-refractivity contribution in [2.75, 3.05) is 6.61 Å². The third kappa shape index (κ3) is 1.24. The summed E-state index contributed by atoms with van der Waals surface area (Å²) in [4.78, 5) is 0. The molecule has 0 amide bonds. The number of hydrogen-bond acceptors (Lipinski definition) is 1. The van der Waals surface area contributed by atoms with Gasteiger partial charge in [-0.25, -0.2) is 0 Å². The Morgan fingerprint density at radius 3 is 2.86 bits per heavy atom. The highest BCUT2D eigenvalue weighted by Gasteiger charge is 1.91. The fraction of sp³-hybridized carbons (Fsp3) is 0.200. The summed E-state index contributed by atoms with van der Waals surface area (Å²) >= 11 is 5.50. The normalized spacial score (nSPS) is 18.1. The van der Waals surface area contributed by atoms with Gasteiger partial charge >= 0.3 is 0 Å². The molecule has 0 aromatic heterocycles. The van der Waals surface area contributed by atoms with Gasteiger partial charge in [-0.1, -0.05) is 11.6 Å². The SMILES string of the molecule is ClC1=CC=COC1. The maximum atomic E-state index is 5.50. The van der Waals surface area contributed by atoms with Gasteiger partial charge in [0.1, 0.15) is 6.61 Å². The fourth-order valence-electron chi connectivity index (χ4n) is 0.375. The minimum Gasteiger partial charge on any atom is -0.496 e. The summed E-state index contributed by atoms with van der Waals surface area (Å²) in [6, 6.07) is 0. The first-order valence-corrected chi connectivity index (χ1v) is 2.40. The van der Waals surface area contributed by atoms with Gasteiger partial charge in [0.2, 0.25) is 0 Å². The molecule has 1 rings (SSSR count). The van der Waals surface area contributed by atoms with Gasteiger partial charge < -0.3 is 4.74 Å². The Balaban J connectivity index is 2.57. The van der Waals surface area contributed by atoms with Gasteiger partial charge in [-0.3, -0.25) is 0 Å². The van der Waals surface area contributed by atoms with Crippen molar-refractivity contribution in [2.24, 2.45) is 0 Å². The molecule has 1 nitrogen and oxygen atoms in total. The predicted octanol–water partition coefficient (Wildman–Crippen LogP) is 1.65. The largest absolute Gasteiger partial charge is 0.496 e. The summed E-state index contributed by atoms with van der Waals surface area (Å²) in [6.45, 7) is 0.526. The van der Waals surface area contributed by atoms with Crippen molar-refractivity contribution in [3.63, 3.8) is 0 Å². The summed E-state index contributed by atoms with van der Waals surface area (Å²) in [6.07, 6.45) is 5.20. The van der Waals surface area contributed by atoms with E-state index in [0.717, 1.165) is 5.03 Å². The quantitative estimate of drug-likeness (QED) is 0.468. The molecule has 0 aliphatic carbocycles. The Kier molecular flexibility index (Phi) is 1.37. The van der Waals surface area contributed by atoms with E-state index in [9.17, 15) is 0 Å². The van der Waals surface area contributed by atoms with Crippen LogP contribution in [0.25, 0.3) is 0 Å². The summed E-state index contributed by atoms with van der Waals surface area (Å²) < 4.78 is 4.80. The highest BCUT2D eigenvalue weighted by atomic mass is 35.5. The standard InChI is InChI=1S/C5H5ClO/c6-5-2-1-3-7-4-5/h1-3H,4H2. The molecule has 0 aromatic rings. The van der Waals surface area contributed by atoms with Crippen molar-refractivity contribution < 1.29 is 4.74 Å². The van der Waals surface area contributed by atoms with E-state index in [1.165, 1.54) is 0 Å². The third-order valence-electron chi connectivity index (χ3n) is 0.673. The van der Waals surface area contributed by atoms with Crippen LogP contribution in [0.4, 0.5) is 0 Å². The average molecular weight is 117 g/mol. The molecule has 0 saturated carbocycles. The molecular formula is C5H5ClO. The van der Waals surface area contributed by atoms with Crippen LogP contribution in [0.1, 0.15) is 0 Å². The van der Waals surface area contributed by atoms with E-state index in [-0.39, 0.29) is 0 Å². The van der Waals surface area contributed by atoms with Crippen LogP contribution in [0, 0.1) is 0 Å². The van der Waals surface area contributed by atoms with Gasteiger partial charge in [0.05, 0.1) is 11.3 Å². The monoisotopic (exact) mass is 116 g/mol. The molecule has 7 heavy (non-hydrogen) atoms. The second-order valence-electron chi connectivity index (χ2n) is 1.25. The van der Waals surface area contributed by atoms with Crippen molar-refractivity contribution >= 4 is 11.6 Å². The van der Waals surface area contributed by atoms with Crippen molar-refractivity contribution in [3.05, 3.63) is 23.4 Å². The zero-order valence-electron chi connectivity index (χ0n) is 3.73. The van der Waals surface area contributed by atoms with Crippen LogP contribution in [0.5, 0.6) is 0 Å². The second kappa shape index (κ2) is 2.03. The Bertz CT molecular complexity index is 115. The third-order valence-corrected chi connectivity index (χ3v) is 0.908. The molecule has 0 fully saturated rings. The van der Waals surface area contributed by atoms with Gasteiger partial charge in [-0.15, -0.1) is 0 Å². The molecule has 0 spiro atoms. The Labute approximate surface area is 47.2 Å². The zero-order valence-corrected chi connectivity index (χ0v) is 4.48. The average Bonchev–Trinajstić information content (AvgIpc) is 1.69. The molecule has 0 radical (unpaired) electrons. The van der Waals surface area contributed by atoms with Crippen molar-refractivity contribution in [3.8, 4) is 0 Å². The maximum absolute atomic E-state index is 5.50. The molecule has 0 unspecified atom stereocenters. The van der Waals surface area contributed by atoms with Crippen LogP contribution in [0.15, 0.2) is 23.4 Å². The van der Waals surface area contributed by atoms with E-state index in [0.29, 0.717) is 6.61 Å². The lowest BCUT2D eigenvalue weighted by Gasteiger charge is -2.00. The lowest BCUT2D eigenvalue weighted by atomic mass is 10.4. The predicted molar refractivity (Wildman–Crippen MR) is 29.0 cm³/mol. The summed E-state index contributed by atoms with van der Waals surface area (Å²) in [7, 11) is 0. The van der Waals surface area contributed by atoms with Gasteiger partial charge in [0, 0.05) is 0 Å². The van der Waals surface area contributed by atoms with E-state index >= 15 is 0 Å². The Morgan fingerprint density at radius 2 is 2.57 bits per heavy atom. The van der Waals surface area contributed by atoms with Crippen LogP contribution in [0.3, 0.4) is 0 Å². The van der Waals surface area contributed by atoms with E-state index < -0.39 is 0 Å². The fourth-order valence-corrected chi connectivity index (χ4v) is 0.511. The summed E-state index contributed by atoms with van der Waals surface area (Å²) in [5.74, 6) is 0. The maximum Gasteiger partial charge on any atom is 0.123 e. The van der Waals surface area contributed by atoms with Gasteiger partial charge in [0.15, 0.2) is 0 Å². The first-order valence-electron chi connectivity index (χ1n) is 2.02. The highest BCUT2D eigenvalue weighted by molar-refractivity contribution is 6.29. The molecule has 2 heteroatoms. The van der Waals surface area contributed by atoms with Gasteiger partial charge in [0.25, 0.3) is 0 Å². The molecule has 0 aromatic carbocycles. The topological polar surface area (TPSA) is 9.23 Å². The molecule has 0 N–H and O–H groups in total. The summed E-state index contributed by atoms with van der Waals surface area (Å²) in [5, 5.41) is 0.752. The van der Waals surface area contributed by atoms with Crippen molar-refractivity contribution in [1.82, 2.24) is 0 Å². The van der Waals surface area contributed by atoms with E-state index in [1.54, 1.807) is 12.3 Å². The summed E-state index contributed by atoms with van der Waals surface area (Å²) in [5.41, 5.74) is 0. The molecule has 1 aliphatic rings.